The van der Waals surface area contributed by atoms with Crippen molar-refractivity contribution in [2.24, 2.45) is 11.7 Å². The largest absolute Gasteiger partial charge is 0.389 e. The lowest BCUT2D eigenvalue weighted by Crippen LogP contribution is -2.47. The molecule has 1 aliphatic heterocycles. The second-order valence-corrected chi connectivity index (χ2v) is 5.14. The minimum absolute atomic E-state index is 0.0694. The van der Waals surface area contributed by atoms with Crippen LogP contribution in [-0.4, -0.2) is 54.4 Å². The van der Waals surface area contributed by atoms with Crippen LogP contribution >= 0.6 is 0 Å². The molecule has 0 aromatic heterocycles. The van der Waals surface area contributed by atoms with Gasteiger partial charge in [0, 0.05) is 25.6 Å². The molecule has 0 unspecified atom stereocenters. The first kappa shape index (κ1) is 12.8. The third kappa shape index (κ3) is 2.97. The highest BCUT2D eigenvalue weighted by Gasteiger charge is 2.36. The Bertz CT molecular complexity index is 269. The molecule has 1 heterocycles. The highest BCUT2D eigenvalue weighted by molar-refractivity contribution is 5.79. The average molecular weight is 242 g/mol. The van der Waals surface area contributed by atoms with Crippen LogP contribution in [0.3, 0.4) is 0 Å². The monoisotopic (exact) mass is 242 g/mol. The Labute approximate surface area is 102 Å². The quantitative estimate of drug-likeness (QED) is 0.698. The van der Waals surface area contributed by atoms with Crippen molar-refractivity contribution >= 4 is 5.91 Å². The molecule has 17 heavy (non-hydrogen) atoms. The zero-order chi connectivity index (χ0) is 12.3. The van der Waals surface area contributed by atoms with Gasteiger partial charge in [-0.2, -0.15) is 0 Å². The van der Waals surface area contributed by atoms with E-state index < -0.39 is 5.60 Å². The Morgan fingerprint density at radius 2 is 1.94 bits per heavy atom. The van der Waals surface area contributed by atoms with Gasteiger partial charge < -0.3 is 20.5 Å². The molecule has 1 saturated heterocycles. The van der Waals surface area contributed by atoms with Gasteiger partial charge in [-0.05, 0) is 25.7 Å². The van der Waals surface area contributed by atoms with Crippen molar-refractivity contribution < 1.29 is 14.6 Å². The SMILES string of the molecule is NCC1(O)CCC(C(=O)N2CCOCC2)CC1. The number of amides is 1. The van der Waals surface area contributed by atoms with Crippen LogP contribution < -0.4 is 5.73 Å². The molecule has 0 atom stereocenters. The molecule has 1 amide bonds. The van der Waals surface area contributed by atoms with E-state index >= 15 is 0 Å². The summed E-state index contributed by atoms with van der Waals surface area (Å²) in [6.45, 7) is 2.99. The van der Waals surface area contributed by atoms with E-state index in [1.54, 1.807) is 0 Å². The normalized spacial score (nSPS) is 34.7. The average Bonchev–Trinajstić information content (AvgIpc) is 2.40. The van der Waals surface area contributed by atoms with Crippen LogP contribution in [0.1, 0.15) is 25.7 Å². The maximum absolute atomic E-state index is 12.2. The lowest BCUT2D eigenvalue weighted by atomic mass is 9.78. The lowest BCUT2D eigenvalue weighted by molar-refractivity contribution is -0.142. The number of nitrogens with zero attached hydrogens (tertiary/aromatic N) is 1. The van der Waals surface area contributed by atoms with E-state index in [9.17, 15) is 9.90 Å². The summed E-state index contributed by atoms with van der Waals surface area (Å²) >= 11 is 0. The first-order chi connectivity index (χ1) is 8.14. The molecule has 3 N–H and O–H groups in total. The van der Waals surface area contributed by atoms with Gasteiger partial charge in [-0.25, -0.2) is 0 Å². The Balaban J connectivity index is 1.85. The van der Waals surface area contributed by atoms with Crippen molar-refractivity contribution in [3.8, 4) is 0 Å². The second-order valence-electron chi connectivity index (χ2n) is 5.14. The van der Waals surface area contributed by atoms with Gasteiger partial charge in [0.05, 0.1) is 18.8 Å². The number of hydrogen-bond acceptors (Lipinski definition) is 4. The molecule has 5 heteroatoms. The number of morpholine rings is 1. The lowest BCUT2D eigenvalue weighted by Gasteiger charge is -2.37. The highest BCUT2D eigenvalue weighted by Crippen LogP contribution is 2.32. The van der Waals surface area contributed by atoms with Crippen molar-refractivity contribution in [2.75, 3.05) is 32.8 Å². The van der Waals surface area contributed by atoms with E-state index in [4.69, 9.17) is 10.5 Å². The van der Waals surface area contributed by atoms with Crippen molar-refractivity contribution in [3.05, 3.63) is 0 Å². The van der Waals surface area contributed by atoms with Gasteiger partial charge in [-0.15, -0.1) is 0 Å². The van der Waals surface area contributed by atoms with Crippen molar-refractivity contribution in [1.29, 1.82) is 0 Å². The Hall–Kier alpha value is -0.650. The molecule has 5 nitrogen and oxygen atoms in total. The zero-order valence-corrected chi connectivity index (χ0v) is 10.2. The van der Waals surface area contributed by atoms with Crippen LogP contribution in [0, 0.1) is 5.92 Å². The molecule has 98 valence electrons. The van der Waals surface area contributed by atoms with Crippen LogP contribution in [0.15, 0.2) is 0 Å². The summed E-state index contributed by atoms with van der Waals surface area (Å²) in [7, 11) is 0. The van der Waals surface area contributed by atoms with Crippen LogP contribution in [0.25, 0.3) is 0 Å². The number of carbonyl (C=O) groups is 1. The zero-order valence-electron chi connectivity index (χ0n) is 10.2. The molecular formula is C12H22N2O3. The van der Waals surface area contributed by atoms with Crippen LogP contribution in [0.4, 0.5) is 0 Å². The minimum Gasteiger partial charge on any atom is -0.389 e. The fourth-order valence-corrected chi connectivity index (χ4v) is 2.65. The second kappa shape index (κ2) is 5.33. The molecule has 2 rings (SSSR count). The van der Waals surface area contributed by atoms with Gasteiger partial charge in [0.25, 0.3) is 0 Å². The number of hydrogen-bond donors (Lipinski definition) is 2. The number of nitrogens with two attached hydrogens (primary N) is 1. The Kier molecular flexibility index (Phi) is 4.01. The maximum Gasteiger partial charge on any atom is 0.225 e. The van der Waals surface area contributed by atoms with Gasteiger partial charge >= 0.3 is 0 Å². The fraction of sp³-hybridized carbons (Fsp3) is 0.917. The first-order valence-corrected chi connectivity index (χ1v) is 6.44. The minimum atomic E-state index is -0.734. The van der Waals surface area contributed by atoms with Crippen LogP contribution in [0.5, 0.6) is 0 Å². The van der Waals surface area contributed by atoms with E-state index in [-0.39, 0.29) is 11.8 Å². The Morgan fingerprint density at radius 1 is 1.35 bits per heavy atom. The van der Waals surface area contributed by atoms with E-state index in [0.717, 1.165) is 12.8 Å². The molecular weight excluding hydrogens is 220 g/mol. The summed E-state index contributed by atoms with van der Waals surface area (Å²) in [6, 6.07) is 0. The summed E-state index contributed by atoms with van der Waals surface area (Å²) in [5.41, 5.74) is 4.81. The van der Waals surface area contributed by atoms with E-state index in [1.165, 1.54) is 0 Å². The smallest absolute Gasteiger partial charge is 0.225 e. The molecule has 0 spiro atoms. The van der Waals surface area contributed by atoms with Gasteiger partial charge in [0.2, 0.25) is 5.91 Å². The fourth-order valence-electron chi connectivity index (χ4n) is 2.65. The first-order valence-electron chi connectivity index (χ1n) is 6.44. The van der Waals surface area contributed by atoms with Gasteiger partial charge in [-0.1, -0.05) is 0 Å². The molecule has 0 bridgehead atoms. The third-order valence-corrected chi connectivity index (χ3v) is 3.97. The number of ether oxygens (including phenoxy) is 1. The molecule has 0 aromatic carbocycles. The molecule has 0 radical (unpaired) electrons. The van der Waals surface area contributed by atoms with Crippen molar-refractivity contribution in [1.82, 2.24) is 4.90 Å². The number of aliphatic hydroxyl groups is 1. The molecule has 1 saturated carbocycles. The summed E-state index contributed by atoms with van der Waals surface area (Å²) in [4.78, 5) is 14.1. The standard InChI is InChI=1S/C12H22N2O3/c13-9-12(16)3-1-10(2-4-12)11(15)14-5-7-17-8-6-14/h10,16H,1-9,13H2. The maximum atomic E-state index is 12.2. The number of carbonyl (C=O) groups excluding carboxylic acids is 1. The van der Waals surface area contributed by atoms with Gasteiger partial charge in [0.1, 0.15) is 0 Å². The van der Waals surface area contributed by atoms with Crippen LogP contribution in [0.2, 0.25) is 0 Å². The van der Waals surface area contributed by atoms with Crippen molar-refractivity contribution in [2.45, 2.75) is 31.3 Å². The van der Waals surface area contributed by atoms with Gasteiger partial charge in [0.15, 0.2) is 0 Å². The highest BCUT2D eigenvalue weighted by atomic mass is 16.5. The third-order valence-electron chi connectivity index (χ3n) is 3.97. The Morgan fingerprint density at radius 3 is 2.47 bits per heavy atom. The molecule has 0 aromatic rings. The molecule has 1 aliphatic carbocycles. The summed E-state index contributed by atoms with van der Waals surface area (Å²) in [6.07, 6.45) is 2.79. The van der Waals surface area contributed by atoms with Crippen LogP contribution in [-0.2, 0) is 9.53 Å². The van der Waals surface area contributed by atoms with E-state index in [1.807, 2.05) is 4.90 Å². The van der Waals surface area contributed by atoms with E-state index in [0.29, 0.717) is 45.7 Å². The molecule has 2 aliphatic rings. The summed E-state index contributed by atoms with van der Waals surface area (Å²) in [5, 5.41) is 10.0. The molecule has 2 fully saturated rings. The number of rotatable bonds is 2. The summed E-state index contributed by atoms with van der Waals surface area (Å²) in [5.74, 6) is 0.298. The predicted molar refractivity (Wildman–Crippen MR) is 63.4 cm³/mol. The van der Waals surface area contributed by atoms with E-state index in [2.05, 4.69) is 0 Å². The van der Waals surface area contributed by atoms with Gasteiger partial charge in [-0.3, -0.25) is 4.79 Å². The topological polar surface area (TPSA) is 75.8 Å². The summed E-state index contributed by atoms with van der Waals surface area (Å²) < 4.78 is 5.24. The predicted octanol–water partition coefficient (Wildman–Crippen LogP) is -0.275. The van der Waals surface area contributed by atoms with Crippen molar-refractivity contribution in [3.63, 3.8) is 0 Å².